The quantitative estimate of drug-likeness (QED) is 0.455. The number of anilines is 2. The summed E-state index contributed by atoms with van der Waals surface area (Å²) < 4.78 is 11.4. The molecule has 0 spiro atoms. The molecule has 1 saturated carbocycles. The van der Waals surface area contributed by atoms with Gasteiger partial charge in [0.25, 0.3) is 5.91 Å². The Morgan fingerprint density at radius 3 is 2.65 bits per heavy atom. The molecule has 0 radical (unpaired) electrons. The maximum atomic E-state index is 13.7. The van der Waals surface area contributed by atoms with Crippen LogP contribution in [-0.2, 0) is 0 Å². The number of carboxylic acids is 1. The van der Waals surface area contributed by atoms with Gasteiger partial charge in [-0.3, -0.25) is 9.78 Å². The van der Waals surface area contributed by atoms with E-state index in [1.54, 1.807) is 35.4 Å². The summed E-state index contributed by atoms with van der Waals surface area (Å²) in [6.45, 7) is 1.36. The third kappa shape index (κ3) is 3.44. The molecule has 1 amide bonds. The lowest BCUT2D eigenvalue weighted by Gasteiger charge is -2.38. The smallest absolute Gasteiger partial charge is 0.339 e. The van der Waals surface area contributed by atoms with Crippen LogP contribution >= 0.6 is 0 Å². The number of ether oxygens (including phenoxy) is 1. The van der Waals surface area contributed by atoms with E-state index in [1.165, 1.54) is 25.3 Å². The Hall–Kier alpha value is -4.33. The van der Waals surface area contributed by atoms with Crippen LogP contribution in [0.1, 0.15) is 33.6 Å². The van der Waals surface area contributed by atoms with Crippen LogP contribution in [0.3, 0.4) is 0 Å². The molecule has 4 aromatic rings. The first-order chi connectivity index (χ1) is 16.6. The van der Waals surface area contributed by atoms with Crippen LogP contribution in [0.4, 0.5) is 11.4 Å². The number of rotatable bonds is 5. The largest absolute Gasteiger partial charge is 0.478 e. The van der Waals surface area contributed by atoms with Crippen molar-refractivity contribution in [3.05, 3.63) is 78.3 Å². The van der Waals surface area contributed by atoms with Gasteiger partial charge in [0.2, 0.25) is 0 Å². The molecule has 0 atom stereocenters. The third-order valence-corrected chi connectivity index (χ3v) is 6.30. The maximum absolute atomic E-state index is 13.7. The molecule has 1 aliphatic carbocycles. The van der Waals surface area contributed by atoms with Gasteiger partial charge in [-0.05, 0) is 43.2 Å². The second kappa shape index (κ2) is 7.91. The summed E-state index contributed by atoms with van der Waals surface area (Å²) >= 11 is 0. The molecule has 34 heavy (non-hydrogen) atoms. The first kappa shape index (κ1) is 20.3. The summed E-state index contributed by atoms with van der Waals surface area (Å²) in [6, 6.07) is 15.1. The Morgan fingerprint density at radius 1 is 1.03 bits per heavy atom. The SMILES string of the molecule is O=C(O)c1coc2cc(Oc3ccncc3C(=O)N3CCN(C4CC4)c4ccccc43)ccc12. The summed E-state index contributed by atoms with van der Waals surface area (Å²) in [5, 5.41) is 9.76. The highest BCUT2D eigenvalue weighted by Gasteiger charge is 2.36. The van der Waals surface area contributed by atoms with E-state index in [1.807, 2.05) is 18.2 Å². The number of furan rings is 1. The molecular weight excluding hydrogens is 434 g/mol. The van der Waals surface area contributed by atoms with Crippen molar-refractivity contribution in [2.24, 2.45) is 0 Å². The van der Waals surface area contributed by atoms with Crippen molar-refractivity contribution < 1.29 is 23.8 Å². The van der Waals surface area contributed by atoms with Gasteiger partial charge in [0.05, 0.1) is 11.4 Å². The number of nitrogens with zero attached hydrogens (tertiary/aromatic N) is 3. The van der Waals surface area contributed by atoms with Gasteiger partial charge in [-0.1, -0.05) is 12.1 Å². The average molecular weight is 455 g/mol. The first-order valence-corrected chi connectivity index (χ1v) is 11.1. The molecule has 8 nitrogen and oxygen atoms in total. The van der Waals surface area contributed by atoms with E-state index in [-0.39, 0.29) is 11.5 Å². The maximum Gasteiger partial charge on any atom is 0.339 e. The predicted molar refractivity (Wildman–Crippen MR) is 126 cm³/mol. The molecule has 2 aromatic carbocycles. The Labute approximate surface area is 195 Å². The monoisotopic (exact) mass is 455 g/mol. The first-order valence-electron chi connectivity index (χ1n) is 11.1. The number of carbonyl (C=O) groups is 2. The van der Waals surface area contributed by atoms with Gasteiger partial charge in [-0.2, -0.15) is 0 Å². The highest BCUT2D eigenvalue weighted by atomic mass is 16.5. The summed E-state index contributed by atoms with van der Waals surface area (Å²) in [6.07, 6.45) is 6.67. The molecule has 1 aliphatic heterocycles. The topological polar surface area (TPSA) is 96.1 Å². The van der Waals surface area contributed by atoms with E-state index in [0.29, 0.717) is 40.6 Å². The lowest BCUT2D eigenvalue weighted by molar-refractivity contribution is 0.0697. The Kier molecular flexibility index (Phi) is 4.72. The van der Waals surface area contributed by atoms with Crippen molar-refractivity contribution in [1.82, 2.24) is 4.98 Å². The zero-order valence-corrected chi connectivity index (χ0v) is 18.2. The minimum Gasteiger partial charge on any atom is -0.478 e. The Balaban J connectivity index is 1.31. The number of amides is 1. The molecule has 0 saturated heterocycles. The number of aromatic nitrogens is 1. The Bertz CT molecular complexity index is 1420. The van der Waals surface area contributed by atoms with E-state index in [0.717, 1.165) is 17.9 Å². The third-order valence-electron chi connectivity index (χ3n) is 6.30. The zero-order valence-electron chi connectivity index (χ0n) is 18.2. The lowest BCUT2D eigenvalue weighted by Crippen LogP contribution is -2.45. The lowest BCUT2D eigenvalue weighted by atomic mass is 10.1. The number of hydrogen-bond donors (Lipinski definition) is 1. The fourth-order valence-electron chi connectivity index (χ4n) is 4.50. The van der Waals surface area contributed by atoms with Crippen molar-refractivity contribution in [3.8, 4) is 11.5 Å². The fourth-order valence-corrected chi connectivity index (χ4v) is 4.50. The van der Waals surface area contributed by atoms with Crippen molar-refractivity contribution >= 4 is 34.2 Å². The molecule has 170 valence electrons. The van der Waals surface area contributed by atoms with Crippen LogP contribution in [0.15, 0.2) is 71.6 Å². The molecule has 3 heterocycles. The number of carbonyl (C=O) groups excluding carboxylic acids is 1. The predicted octanol–water partition coefficient (Wildman–Crippen LogP) is 4.95. The van der Waals surface area contributed by atoms with Crippen LogP contribution in [0, 0.1) is 0 Å². The molecule has 2 aliphatic rings. The number of aromatic carboxylic acids is 1. The number of pyridine rings is 1. The van der Waals surface area contributed by atoms with Gasteiger partial charge in [0, 0.05) is 43.0 Å². The summed E-state index contributed by atoms with van der Waals surface area (Å²) in [7, 11) is 0. The van der Waals surface area contributed by atoms with Gasteiger partial charge in [-0.15, -0.1) is 0 Å². The van der Waals surface area contributed by atoms with Crippen molar-refractivity contribution in [2.45, 2.75) is 18.9 Å². The summed E-state index contributed by atoms with van der Waals surface area (Å²) in [5.74, 6) is -0.445. The minimum absolute atomic E-state index is 0.0883. The van der Waals surface area contributed by atoms with Crippen LogP contribution in [-0.4, -0.2) is 41.1 Å². The molecule has 2 aromatic heterocycles. The van der Waals surface area contributed by atoms with Gasteiger partial charge < -0.3 is 24.1 Å². The van der Waals surface area contributed by atoms with Gasteiger partial charge in [0.1, 0.15) is 34.5 Å². The zero-order chi connectivity index (χ0) is 23.2. The van der Waals surface area contributed by atoms with E-state index >= 15 is 0 Å². The molecular formula is C26H21N3O5. The van der Waals surface area contributed by atoms with E-state index in [2.05, 4.69) is 16.0 Å². The molecule has 0 unspecified atom stereocenters. The molecule has 1 fully saturated rings. The number of para-hydroxylation sites is 2. The van der Waals surface area contributed by atoms with E-state index in [9.17, 15) is 14.7 Å². The highest BCUT2D eigenvalue weighted by Crippen LogP contribution is 2.41. The van der Waals surface area contributed by atoms with E-state index < -0.39 is 5.97 Å². The van der Waals surface area contributed by atoms with Gasteiger partial charge in [0.15, 0.2) is 0 Å². The Morgan fingerprint density at radius 2 is 1.85 bits per heavy atom. The van der Waals surface area contributed by atoms with Crippen LogP contribution in [0.25, 0.3) is 11.0 Å². The fraction of sp³-hybridized carbons (Fsp3) is 0.192. The van der Waals surface area contributed by atoms with Crippen molar-refractivity contribution in [3.63, 3.8) is 0 Å². The van der Waals surface area contributed by atoms with Gasteiger partial charge >= 0.3 is 5.97 Å². The van der Waals surface area contributed by atoms with Crippen LogP contribution < -0.4 is 14.5 Å². The minimum atomic E-state index is -1.06. The van der Waals surface area contributed by atoms with Crippen molar-refractivity contribution in [2.75, 3.05) is 22.9 Å². The molecule has 8 heteroatoms. The summed E-state index contributed by atoms with van der Waals surface area (Å²) in [4.78, 5) is 33.3. The highest BCUT2D eigenvalue weighted by molar-refractivity contribution is 6.10. The number of carboxylic acid groups (broad SMARTS) is 1. The van der Waals surface area contributed by atoms with Crippen molar-refractivity contribution in [1.29, 1.82) is 0 Å². The standard InChI is InChI=1S/C26H21N3O5/c30-25(29-12-11-28(16-5-6-16)21-3-1-2-4-22(21)29)19-14-27-10-9-23(19)34-17-7-8-18-20(26(31)32)15-33-24(18)13-17/h1-4,7-10,13-16H,5-6,11-12H2,(H,31,32). The average Bonchev–Trinajstić information content (AvgIpc) is 3.61. The molecule has 6 rings (SSSR count). The van der Waals surface area contributed by atoms with E-state index in [4.69, 9.17) is 9.15 Å². The molecule has 1 N–H and O–H groups in total. The molecule has 0 bridgehead atoms. The number of benzene rings is 2. The number of fused-ring (bicyclic) bond motifs is 2. The number of hydrogen-bond acceptors (Lipinski definition) is 6. The summed E-state index contributed by atoms with van der Waals surface area (Å²) in [5.41, 5.74) is 2.79. The second-order valence-electron chi connectivity index (χ2n) is 8.46. The normalized spacial score (nSPS) is 15.3. The second-order valence-corrected chi connectivity index (χ2v) is 8.46. The van der Waals surface area contributed by atoms with Crippen LogP contribution in [0.2, 0.25) is 0 Å². The van der Waals surface area contributed by atoms with Crippen LogP contribution in [0.5, 0.6) is 11.5 Å². The van der Waals surface area contributed by atoms with Gasteiger partial charge in [-0.25, -0.2) is 4.79 Å².